The zero-order chi connectivity index (χ0) is 13.5. The summed E-state index contributed by atoms with van der Waals surface area (Å²) in [6.45, 7) is 2.35. The first-order valence-electron chi connectivity index (χ1n) is 6.06. The van der Waals surface area contributed by atoms with Gasteiger partial charge in [-0.1, -0.05) is 13.3 Å². The number of aliphatic hydroxyl groups is 2. The molecule has 102 valence electrons. The first-order chi connectivity index (χ1) is 8.54. The lowest BCUT2D eigenvalue weighted by Gasteiger charge is -2.15. The molecule has 0 spiro atoms. The second-order valence-corrected chi connectivity index (χ2v) is 4.28. The number of aliphatic hydroxyl groups excluding tert-OH is 2. The van der Waals surface area contributed by atoms with E-state index in [0.29, 0.717) is 13.0 Å². The number of halogens is 2. The first kappa shape index (κ1) is 15.0. The Morgan fingerprint density at radius 3 is 2.61 bits per heavy atom. The predicted octanol–water partition coefficient (Wildman–Crippen LogP) is 1.75. The molecule has 0 saturated heterocycles. The fraction of sp³-hybridized carbons (Fsp3) is 0.538. The zero-order valence-electron chi connectivity index (χ0n) is 10.4. The van der Waals surface area contributed by atoms with Crippen molar-refractivity contribution in [1.29, 1.82) is 0 Å². The van der Waals surface area contributed by atoms with Crippen LogP contribution in [0.1, 0.15) is 31.4 Å². The molecule has 5 heteroatoms. The zero-order valence-corrected chi connectivity index (χ0v) is 10.4. The van der Waals surface area contributed by atoms with Gasteiger partial charge >= 0.3 is 0 Å². The van der Waals surface area contributed by atoms with E-state index < -0.39 is 23.8 Å². The monoisotopic (exact) mass is 259 g/mol. The minimum Gasteiger partial charge on any atom is -0.392 e. The molecule has 2 atom stereocenters. The van der Waals surface area contributed by atoms with E-state index >= 15 is 0 Å². The summed E-state index contributed by atoms with van der Waals surface area (Å²) in [5.74, 6) is -1.23. The van der Waals surface area contributed by atoms with E-state index in [4.69, 9.17) is 0 Å². The molecule has 0 amide bonds. The maximum atomic E-state index is 13.3. The van der Waals surface area contributed by atoms with Crippen LogP contribution in [0.4, 0.5) is 8.78 Å². The Morgan fingerprint density at radius 2 is 1.94 bits per heavy atom. The Labute approximate surface area is 105 Å². The lowest BCUT2D eigenvalue weighted by atomic mass is 10.1. The van der Waals surface area contributed by atoms with E-state index in [1.165, 1.54) is 0 Å². The van der Waals surface area contributed by atoms with Gasteiger partial charge in [-0.3, -0.25) is 0 Å². The molecule has 0 radical (unpaired) electrons. The van der Waals surface area contributed by atoms with E-state index in [0.717, 1.165) is 24.6 Å². The fourth-order valence-electron chi connectivity index (χ4n) is 1.70. The smallest absolute Gasteiger partial charge is 0.129 e. The molecule has 3 nitrogen and oxygen atoms in total. The highest BCUT2D eigenvalue weighted by molar-refractivity contribution is 5.21. The van der Waals surface area contributed by atoms with Crippen LogP contribution in [0.25, 0.3) is 0 Å². The normalized spacial score (nSPS) is 14.5. The van der Waals surface area contributed by atoms with Gasteiger partial charge in [0, 0.05) is 18.7 Å². The molecular weight excluding hydrogens is 240 g/mol. The summed E-state index contributed by atoms with van der Waals surface area (Å²) in [6.07, 6.45) is -0.0875. The van der Waals surface area contributed by atoms with Crippen LogP contribution in [-0.2, 0) is 0 Å². The minimum absolute atomic E-state index is 0.0706. The summed E-state index contributed by atoms with van der Waals surface area (Å²) in [5, 5.41) is 22.0. The van der Waals surface area contributed by atoms with Crippen LogP contribution in [0, 0.1) is 11.6 Å². The first-order valence-corrected chi connectivity index (χ1v) is 6.06. The molecule has 3 N–H and O–H groups in total. The van der Waals surface area contributed by atoms with E-state index in [1.54, 1.807) is 0 Å². The molecule has 0 saturated carbocycles. The van der Waals surface area contributed by atoms with Gasteiger partial charge in [0.25, 0.3) is 0 Å². The quantitative estimate of drug-likeness (QED) is 0.699. The molecule has 0 fully saturated rings. The number of nitrogens with one attached hydrogen (secondary N) is 1. The van der Waals surface area contributed by atoms with Gasteiger partial charge in [-0.15, -0.1) is 0 Å². The molecule has 1 rings (SSSR count). The van der Waals surface area contributed by atoms with Crippen LogP contribution in [0.15, 0.2) is 18.2 Å². The molecule has 18 heavy (non-hydrogen) atoms. The van der Waals surface area contributed by atoms with Gasteiger partial charge in [-0.2, -0.15) is 0 Å². The molecule has 0 aliphatic rings. The third kappa shape index (κ3) is 4.68. The summed E-state index contributed by atoms with van der Waals surface area (Å²) in [5.41, 5.74) is -0.0764. The van der Waals surface area contributed by atoms with E-state index in [1.807, 2.05) is 6.92 Å². The molecule has 1 aromatic carbocycles. The molecule has 0 aliphatic heterocycles. The predicted molar refractivity (Wildman–Crippen MR) is 65.1 cm³/mol. The SMILES string of the molecule is CCCC(O)CNCC(O)c1cc(F)ccc1F. The summed E-state index contributed by atoms with van der Waals surface area (Å²) in [4.78, 5) is 0. The van der Waals surface area contributed by atoms with Gasteiger partial charge in [0.15, 0.2) is 0 Å². The van der Waals surface area contributed by atoms with Crippen molar-refractivity contribution < 1.29 is 19.0 Å². The molecule has 0 heterocycles. The maximum absolute atomic E-state index is 13.3. The third-order valence-electron chi connectivity index (χ3n) is 2.66. The average molecular weight is 259 g/mol. The Kier molecular flexibility index (Phi) is 6.18. The minimum atomic E-state index is -1.13. The summed E-state index contributed by atoms with van der Waals surface area (Å²) in [6, 6.07) is 2.97. The number of benzene rings is 1. The second kappa shape index (κ2) is 7.41. The number of hydrogen-bond acceptors (Lipinski definition) is 3. The summed E-state index contributed by atoms with van der Waals surface area (Å²) in [7, 11) is 0. The van der Waals surface area contributed by atoms with Crippen molar-refractivity contribution in [1.82, 2.24) is 5.32 Å². The topological polar surface area (TPSA) is 52.5 Å². The highest BCUT2D eigenvalue weighted by Gasteiger charge is 2.14. The van der Waals surface area contributed by atoms with E-state index in [9.17, 15) is 19.0 Å². The van der Waals surface area contributed by atoms with E-state index in [-0.39, 0.29) is 12.1 Å². The molecule has 1 aromatic rings. The Hall–Kier alpha value is -1.04. The maximum Gasteiger partial charge on any atom is 0.129 e. The van der Waals surface area contributed by atoms with Gasteiger partial charge in [0.2, 0.25) is 0 Å². The van der Waals surface area contributed by atoms with Crippen LogP contribution < -0.4 is 5.32 Å². The molecular formula is C13H19F2NO2. The lowest BCUT2D eigenvalue weighted by Crippen LogP contribution is -2.30. The highest BCUT2D eigenvalue weighted by Crippen LogP contribution is 2.17. The van der Waals surface area contributed by atoms with Gasteiger partial charge in [-0.25, -0.2) is 8.78 Å². The number of rotatable bonds is 7. The fourth-order valence-corrected chi connectivity index (χ4v) is 1.70. The van der Waals surface area contributed by atoms with Gasteiger partial charge < -0.3 is 15.5 Å². The van der Waals surface area contributed by atoms with Crippen LogP contribution in [0.2, 0.25) is 0 Å². The van der Waals surface area contributed by atoms with Crippen molar-refractivity contribution in [3.63, 3.8) is 0 Å². The molecule has 0 bridgehead atoms. The van der Waals surface area contributed by atoms with Crippen molar-refractivity contribution in [3.05, 3.63) is 35.4 Å². The van der Waals surface area contributed by atoms with Gasteiger partial charge in [0.05, 0.1) is 12.2 Å². The Balaban J connectivity index is 2.45. The van der Waals surface area contributed by atoms with Crippen molar-refractivity contribution in [2.45, 2.75) is 32.0 Å². The Morgan fingerprint density at radius 1 is 1.22 bits per heavy atom. The summed E-state index contributed by atoms with van der Waals surface area (Å²) < 4.78 is 26.2. The largest absolute Gasteiger partial charge is 0.392 e. The van der Waals surface area contributed by atoms with Crippen LogP contribution >= 0.6 is 0 Å². The lowest BCUT2D eigenvalue weighted by molar-refractivity contribution is 0.138. The Bertz CT molecular complexity index is 374. The van der Waals surface area contributed by atoms with Crippen molar-refractivity contribution in [2.24, 2.45) is 0 Å². The summed E-state index contributed by atoms with van der Waals surface area (Å²) >= 11 is 0. The van der Waals surface area contributed by atoms with Crippen LogP contribution in [0.5, 0.6) is 0 Å². The number of hydrogen-bond donors (Lipinski definition) is 3. The van der Waals surface area contributed by atoms with Gasteiger partial charge in [0.1, 0.15) is 11.6 Å². The van der Waals surface area contributed by atoms with Crippen molar-refractivity contribution >= 4 is 0 Å². The third-order valence-corrected chi connectivity index (χ3v) is 2.66. The standard InChI is InChI=1S/C13H19F2NO2/c1-2-3-10(17)7-16-8-13(18)11-6-9(14)4-5-12(11)15/h4-6,10,13,16-18H,2-3,7-8H2,1H3. The van der Waals surface area contributed by atoms with Gasteiger partial charge in [-0.05, 0) is 24.6 Å². The average Bonchev–Trinajstić information content (AvgIpc) is 2.32. The molecule has 2 unspecified atom stereocenters. The second-order valence-electron chi connectivity index (χ2n) is 4.28. The van der Waals surface area contributed by atoms with Crippen molar-refractivity contribution in [2.75, 3.05) is 13.1 Å². The van der Waals surface area contributed by atoms with Crippen LogP contribution in [-0.4, -0.2) is 29.4 Å². The van der Waals surface area contributed by atoms with Crippen molar-refractivity contribution in [3.8, 4) is 0 Å². The molecule has 0 aliphatic carbocycles. The van der Waals surface area contributed by atoms with E-state index in [2.05, 4.69) is 5.32 Å². The highest BCUT2D eigenvalue weighted by atomic mass is 19.1. The molecule has 0 aromatic heterocycles. The van der Waals surface area contributed by atoms with Crippen LogP contribution in [0.3, 0.4) is 0 Å².